The summed E-state index contributed by atoms with van der Waals surface area (Å²) in [4.78, 5) is 22.2. The van der Waals surface area contributed by atoms with E-state index in [0.29, 0.717) is 0 Å². The first-order valence-corrected chi connectivity index (χ1v) is 5.40. The van der Waals surface area contributed by atoms with Crippen LogP contribution >= 0.6 is 0 Å². The second-order valence-electron chi connectivity index (χ2n) is 3.00. The summed E-state index contributed by atoms with van der Waals surface area (Å²) in [5.41, 5.74) is 0.281. The van der Waals surface area contributed by atoms with E-state index in [0.717, 1.165) is 6.07 Å². The summed E-state index contributed by atoms with van der Waals surface area (Å²) in [5.74, 6) is -1.82. The fourth-order valence-corrected chi connectivity index (χ4v) is 1.64. The van der Waals surface area contributed by atoms with E-state index in [2.05, 4.69) is 9.50 Å². The Balaban J connectivity index is 2.42. The van der Waals surface area contributed by atoms with Gasteiger partial charge in [-0.2, -0.15) is 8.42 Å². The van der Waals surface area contributed by atoms with Gasteiger partial charge in [0.15, 0.2) is 0 Å². The number of Topliss-reactive ketones (excluding diaryl/α,β-unsaturated/α-hetero) is 1. The minimum absolute atomic E-state index is 0.00569. The largest absolute Gasteiger partial charge is 0.446 e. The zero-order chi connectivity index (χ0) is 11.9. The van der Waals surface area contributed by atoms with Crippen LogP contribution in [0.3, 0.4) is 0 Å². The summed E-state index contributed by atoms with van der Waals surface area (Å²) < 4.78 is 33.4. The van der Waals surface area contributed by atoms with E-state index < -0.39 is 22.1 Å². The van der Waals surface area contributed by atoms with Crippen molar-refractivity contribution < 1.29 is 26.7 Å². The number of carbonyl (C=O) groups excluding carboxylic acids is 2. The zero-order valence-corrected chi connectivity index (χ0v) is 8.45. The second-order valence-corrected chi connectivity index (χ2v) is 4.02. The highest BCUT2D eigenvalue weighted by Gasteiger charge is 2.28. The molecule has 0 unspecified atom stereocenters. The molecule has 0 aromatic heterocycles. The molecule has 7 nitrogen and oxygen atoms in total. The van der Waals surface area contributed by atoms with E-state index >= 15 is 0 Å². The molecule has 1 aliphatic heterocycles. The first-order valence-electron chi connectivity index (χ1n) is 4.03. The van der Waals surface area contributed by atoms with Crippen molar-refractivity contribution in [3.8, 4) is 5.75 Å². The minimum atomic E-state index is -4.64. The second kappa shape index (κ2) is 3.29. The first kappa shape index (κ1) is 10.6. The lowest BCUT2D eigenvalue weighted by Gasteiger charge is -2.02. The van der Waals surface area contributed by atoms with Gasteiger partial charge in [0.25, 0.3) is 11.7 Å². The van der Waals surface area contributed by atoms with Crippen molar-refractivity contribution in [1.82, 2.24) is 0 Å². The van der Waals surface area contributed by atoms with Gasteiger partial charge in [0.1, 0.15) is 5.75 Å². The Kier molecular flexibility index (Phi) is 2.17. The molecule has 0 saturated carbocycles. The molecule has 16 heavy (non-hydrogen) atoms. The number of hydrogen-bond donors (Lipinski definition) is 2. The Labute approximate surface area is 90.0 Å². The summed E-state index contributed by atoms with van der Waals surface area (Å²) in [7, 11) is -4.64. The van der Waals surface area contributed by atoms with Gasteiger partial charge in [0.2, 0.25) is 0 Å². The van der Waals surface area contributed by atoms with Gasteiger partial charge in [-0.3, -0.25) is 14.1 Å². The van der Waals surface area contributed by atoms with Crippen LogP contribution in [-0.4, -0.2) is 24.7 Å². The van der Waals surface area contributed by atoms with Crippen molar-refractivity contribution in [2.24, 2.45) is 0 Å². The summed E-state index contributed by atoms with van der Waals surface area (Å²) in [6, 6.07) is 3.56. The maximum Gasteiger partial charge on any atom is 0.446 e. The molecule has 1 amide bonds. The van der Waals surface area contributed by atoms with E-state index in [1.165, 1.54) is 12.1 Å². The van der Waals surface area contributed by atoms with Crippen LogP contribution in [0, 0.1) is 0 Å². The molecule has 0 atom stereocenters. The van der Waals surface area contributed by atoms with Crippen molar-refractivity contribution in [2.75, 3.05) is 5.32 Å². The molecule has 0 radical (unpaired) electrons. The third-order valence-corrected chi connectivity index (χ3v) is 2.29. The molecule has 0 saturated heterocycles. The smallest absolute Gasteiger partial charge is 0.362 e. The molecule has 1 aliphatic rings. The molecular weight excluding hydrogens is 238 g/mol. The monoisotopic (exact) mass is 243 g/mol. The number of amides is 1. The highest BCUT2D eigenvalue weighted by molar-refractivity contribution is 7.81. The van der Waals surface area contributed by atoms with Gasteiger partial charge >= 0.3 is 10.4 Å². The number of nitrogens with one attached hydrogen (secondary N) is 1. The van der Waals surface area contributed by atoms with Crippen LogP contribution in [0.2, 0.25) is 0 Å². The third kappa shape index (κ3) is 1.88. The number of fused-ring (bicyclic) bond motifs is 1. The number of carbonyl (C=O) groups is 2. The predicted molar refractivity (Wildman–Crippen MR) is 51.6 cm³/mol. The third-order valence-electron chi connectivity index (χ3n) is 1.89. The van der Waals surface area contributed by atoms with Crippen molar-refractivity contribution in [3.05, 3.63) is 23.8 Å². The number of ketones is 1. The van der Waals surface area contributed by atoms with Gasteiger partial charge in [0, 0.05) is 0 Å². The van der Waals surface area contributed by atoms with E-state index in [9.17, 15) is 18.0 Å². The van der Waals surface area contributed by atoms with Gasteiger partial charge in [0.05, 0.1) is 11.3 Å². The Morgan fingerprint density at radius 1 is 1.25 bits per heavy atom. The van der Waals surface area contributed by atoms with Crippen molar-refractivity contribution in [1.29, 1.82) is 0 Å². The van der Waals surface area contributed by atoms with E-state index in [-0.39, 0.29) is 17.0 Å². The van der Waals surface area contributed by atoms with Gasteiger partial charge in [-0.25, -0.2) is 0 Å². The standard InChI is InChI=1S/C8H5NO6S/c10-7-5-3-4(15-16(12,13)14)1-2-6(5)9-8(7)11/h1-3H,(H,9,10,11)(H,12,13,14). The molecule has 0 aliphatic carbocycles. The Morgan fingerprint density at radius 2 is 1.94 bits per heavy atom. The topological polar surface area (TPSA) is 110 Å². The minimum Gasteiger partial charge on any atom is -0.362 e. The quantitative estimate of drug-likeness (QED) is 0.559. The lowest BCUT2D eigenvalue weighted by Crippen LogP contribution is -2.12. The number of anilines is 1. The molecule has 1 aromatic rings. The molecular formula is C8H5NO6S. The average molecular weight is 243 g/mol. The molecule has 1 heterocycles. The van der Waals surface area contributed by atoms with Crippen LogP contribution in [0.5, 0.6) is 5.75 Å². The van der Waals surface area contributed by atoms with Crippen LogP contribution in [0.4, 0.5) is 5.69 Å². The maximum absolute atomic E-state index is 11.2. The van der Waals surface area contributed by atoms with E-state index in [1.54, 1.807) is 0 Å². The lowest BCUT2D eigenvalue weighted by molar-refractivity contribution is -0.112. The zero-order valence-electron chi connectivity index (χ0n) is 7.63. The number of rotatable bonds is 2. The van der Waals surface area contributed by atoms with Gasteiger partial charge in [-0.1, -0.05) is 0 Å². The molecule has 2 rings (SSSR count). The Morgan fingerprint density at radius 3 is 2.56 bits per heavy atom. The van der Waals surface area contributed by atoms with Crippen molar-refractivity contribution in [3.63, 3.8) is 0 Å². The van der Waals surface area contributed by atoms with Crippen LogP contribution in [-0.2, 0) is 15.2 Å². The first-order chi connectivity index (χ1) is 7.37. The fraction of sp³-hybridized carbons (Fsp3) is 0. The normalized spacial score (nSPS) is 14.6. The average Bonchev–Trinajstić information content (AvgIpc) is 2.42. The fourth-order valence-electron chi connectivity index (χ4n) is 1.30. The maximum atomic E-state index is 11.2. The predicted octanol–water partition coefficient (Wildman–Crippen LogP) is 0.00300. The Bertz CT molecular complexity index is 591. The van der Waals surface area contributed by atoms with Crippen LogP contribution in [0.25, 0.3) is 0 Å². The Hall–Kier alpha value is -1.93. The van der Waals surface area contributed by atoms with Gasteiger partial charge in [-0.05, 0) is 18.2 Å². The highest BCUT2D eigenvalue weighted by Crippen LogP contribution is 2.27. The summed E-state index contributed by atoms with van der Waals surface area (Å²) in [6.45, 7) is 0. The molecule has 8 heteroatoms. The molecule has 0 bridgehead atoms. The van der Waals surface area contributed by atoms with E-state index in [4.69, 9.17) is 4.55 Å². The van der Waals surface area contributed by atoms with Crippen LogP contribution < -0.4 is 9.50 Å². The molecule has 1 aromatic carbocycles. The number of hydrogen-bond acceptors (Lipinski definition) is 5. The molecule has 0 spiro atoms. The summed E-state index contributed by atoms with van der Waals surface area (Å²) in [5, 5.41) is 2.28. The van der Waals surface area contributed by atoms with Gasteiger partial charge < -0.3 is 9.50 Å². The summed E-state index contributed by atoms with van der Waals surface area (Å²) in [6.07, 6.45) is 0. The highest BCUT2D eigenvalue weighted by atomic mass is 32.3. The summed E-state index contributed by atoms with van der Waals surface area (Å²) >= 11 is 0. The van der Waals surface area contributed by atoms with E-state index in [1.807, 2.05) is 0 Å². The van der Waals surface area contributed by atoms with Crippen LogP contribution in [0.1, 0.15) is 10.4 Å². The molecule has 2 N–H and O–H groups in total. The number of benzene rings is 1. The molecule has 0 fully saturated rings. The van der Waals surface area contributed by atoms with Crippen LogP contribution in [0.15, 0.2) is 18.2 Å². The van der Waals surface area contributed by atoms with Gasteiger partial charge in [-0.15, -0.1) is 0 Å². The van der Waals surface area contributed by atoms with Crippen molar-refractivity contribution in [2.45, 2.75) is 0 Å². The molecule has 84 valence electrons. The SMILES string of the molecule is O=C1Nc2ccc(OS(=O)(=O)O)cc2C1=O. The van der Waals surface area contributed by atoms with Crippen molar-refractivity contribution >= 4 is 27.8 Å². The lowest BCUT2D eigenvalue weighted by atomic mass is 10.1.